The molecule has 4 aromatic carbocycles. The number of rotatable bonds is 7. The quantitative estimate of drug-likeness (QED) is 0.221. The van der Waals surface area contributed by atoms with Crippen LogP contribution in [0, 0.1) is 0 Å². The summed E-state index contributed by atoms with van der Waals surface area (Å²) in [5.41, 5.74) is 9.57. The molecule has 2 heterocycles. The lowest BCUT2D eigenvalue weighted by Gasteiger charge is -2.13. The average Bonchev–Trinajstić information content (AvgIpc) is 3.61. The highest BCUT2D eigenvalue weighted by atomic mass is 32.1. The van der Waals surface area contributed by atoms with Gasteiger partial charge in [-0.15, -0.1) is 11.3 Å². The molecule has 0 amide bonds. The molecule has 0 bridgehead atoms. The van der Waals surface area contributed by atoms with Crippen LogP contribution in [0.5, 0.6) is 0 Å². The molecule has 0 unspecified atom stereocenters. The van der Waals surface area contributed by atoms with E-state index >= 15 is 0 Å². The fourth-order valence-corrected chi connectivity index (χ4v) is 5.61. The molecule has 198 valence electrons. The van der Waals surface area contributed by atoms with Crippen molar-refractivity contribution in [2.24, 2.45) is 0 Å². The zero-order valence-corrected chi connectivity index (χ0v) is 23.9. The summed E-state index contributed by atoms with van der Waals surface area (Å²) in [5.74, 6) is 0.836. The Hall–Kier alpha value is -4.68. The van der Waals surface area contributed by atoms with E-state index in [0.717, 1.165) is 61.4 Å². The van der Waals surface area contributed by atoms with Gasteiger partial charge in [-0.1, -0.05) is 66.7 Å². The first-order chi connectivity index (χ1) is 19.5. The van der Waals surface area contributed by atoms with E-state index in [1.165, 1.54) is 4.70 Å². The van der Waals surface area contributed by atoms with Crippen molar-refractivity contribution in [2.75, 3.05) is 38.0 Å². The molecule has 0 aliphatic heterocycles. The first kappa shape index (κ1) is 25.6. The first-order valence-electron chi connectivity index (χ1n) is 13.2. The molecule has 6 heteroatoms. The maximum atomic E-state index is 5.18. The van der Waals surface area contributed by atoms with Gasteiger partial charge in [0.05, 0.1) is 21.6 Å². The molecule has 6 aromatic rings. The largest absolute Gasteiger partial charge is 0.378 e. The Labute approximate surface area is 239 Å². The van der Waals surface area contributed by atoms with Crippen molar-refractivity contribution in [2.45, 2.75) is 0 Å². The molecule has 6 rings (SSSR count). The second kappa shape index (κ2) is 10.8. The molecule has 0 fully saturated rings. The van der Waals surface area contributed by atoms with E-state index in [2.05, 4.69) is 146 Å². The van der Waals surface area contributed by atoms with Gasteiger partial charge in [0.25, 0.3) is 0 Å². The fourth-order valence-electron chi connectivity index (χ4n) is 4.74. The molecule has 5 nitrogen and oxygen atoms in total. The maximum absolute atomic E-state index is 5.18. The highest BCUT2D eigenvalue weighted by molar-refractivity contribution is 7.19. The van der Waals surface area contributed by atoms with Gasteiger partial charge in [-0.3, -0.25) is 0 Å². The van der Waals surface area contributed by atoms with Crippen LogP contribution >= 0.6 is 11.3 Å². The average molecular weight is 542 g/mol. The minimum absolute atomic E-state index is 0.836. The Morgan fingerprint density at radius 3 is 1.95 bits per heavy atom. The number of thiazole rings is 1. The standard InChI is InChI=1S/C34H31N5S/c1-38(2)26-18-13-24(14-19-26)32-33(25-15-20-27(21-16-25)39(3)4)37-34(36-32)28-10-6-5-9-23(28)17-22-31-35-29-11-7-8-12-30(29)40-31/h5-22H,1-4H3,(H,36,37). The lowest BCUT2D eigenvalue weighted by atomic mass is 10.0. The zero-order chi connectivity index (χ0) is 27.6. The molecule has 1 N–H and O–H groups in total. The Morgan fingerprint density at radius 1 is 0.650 bits per heavy atom. The van der Waals surface area contributed by atoms with Gasteiger partial charge in [-0.05, 0) is 48.0 Å². The van der Waals surface area contributed by atoms with Crippen LogP contribution in [-0.4, -0.2) is 43.1 Å². The number of hydrogen-bond acceptors (Lipinski definition) is 5. The van der Waals surface area contributed by atoms with Gasteiger partial charge >= 0.3 is 0 Å². The van der Waals surface area contributed by atoms with Crippen molar-refractivity contribution in [3.8, 4) is 33.9 Å². The third kappa shape index (κ3) is 5.14. The predicted octanol–water partition coefficient (Wildman–Crippen LogP) is 8.32. The van der Waals surface area contributed by atoms with Gasteiger partial charge in [-0.25, -0.2) is 9.97 Å². The number of H-pyrrole nitrogens is 1. The van der Waals surface area contributed by atoms with E-state index in [1.807, 2.05) is 6.07 Å². The number of para-hydroxylation sites is 1. The number of fused-ring (bicyclic) bond motifs is 1. The summed E-state index contributed by atoms with van der Waals surface area (Å²) < 4.78 is 1.19. The number of nitrogens with zero attached hydrogens (tertiary/aromatic N) is 4. The van der Waals surface area contributed by atoms with E-state index in [1.54, 1.807) is 11.3 Å². The van der Waals surface area contributed by atoms with E-state index in [4.69, 9.17) is 9.97 Å². The molecule has 0 aliphatic rings. The third-order valence-corrected chi connectivity index (χ3v) is 7.97. The molecule has 40 heavy (non-hydrogen) atoms. The van der Waals surface area contributed by atoms with Crippen LogP contribution in [0.25, 0.3) is 56.3 Å². The molecule has 0 radical (unpaired) electrons. The summed E-state index contributed by atoms with van der Waals surface area (Å²) >= 11 is 1.70. The van der Waals surface area contributed by atoms with Crippen LogP contribution in [0.4, 0.5) is 11.4 Å². The van der Waals surface area contributed by atoms with Crippen molar-refractivity contribution >= 4 is 45.1 Å². The smallest absolute Gasteiger partial charge is 0.139 e. The van der Waals surface area contributed by atoms with E-state index in [-0.39, 0.29) is 0 Å². The van der Waals surface area contributed by atoms with Crippen LogP contribution in [0.1, 0.15) is 10.6 Å². The number of hydrogen-bond donors (Lipinski definition) is 1. The molecule has 0 atom stereocenters. The number of nitrogens with one attached hydrogen (secondary N) is 1. The molecule has 0 spiro atoms. The summed E-state index contributed by atoms with van der Waals surface area (Å²) in [5, 5.41) is 0.985. The highest BCUT2D eigenvalue weighted by Gasteiger charge is 2.17. The van der Waals surface area contributed by atoms with E-state index in [9.17, 15) is 0 Å². The molecule has 2 aromatic heterocycles. The highest BCUT2D eigenvalue weighted by Crippen LogP contribution is 2.36. The molecule has 0 aliphatic carbocycles. The Balaban J connectivity index is 1.43. The molecular formula is C34H31N5S. The Kier molecular flexibility index (Phi) is 6.93. The summed E-state index contributed by atoms with van der Waals surface area (Å²) in [6, 6.07) is 33.8. The van der Waals surface area contributed by atoms with Crippen molar-refractivity contribution < 1.29 is 0 Å². The second-order valence-electron chi connectivity index (χ2n) is 10.1. The van der Waals surface area contributed by atoms with Crippen LogP contribution in [0.2, 0.25) is 0 Å². The van der Waals surface area contributed by atoms with Crippen molar-refractivity contribution in [1.29, 1.82) is 0 Å². The number of aromatic nitrogens is 3. The summed E-state index contributed by atoms with van der Waals surface area (Å²) in [4.78, 5) is 17.8. The van der Waals surface area contributed by atoms with Gasteiger partial charge in [0.2, 0.25) is 0 Å². The Morgan fingerprint density at radius 2 is 1.27 bits per heavy atom. The van der Waals surface area contributed by atoms with Gasteiger partial charge in [0, 0.05) is 56.3 Å². The second-order valence-corrected chi connectivity index (χ2v) is 11.2. The van der Waals surface area contributed by atoms with Crippen molar-refractivity contribution in [3.63, 3.8) is 0 Å². The monoisotopic (exact) mass is 541 g/mol. The molecular weight excluding hydrogens is 510 g/mol. The van der Waals surface area contributed by atoms with E-state index in [0.29, 0.717) is 0 Å². The first-order valence-corrected chi connectivity index (χ1v) is 14.1. The normalized spacial score (nSPS) is 11.4. The topological polar surface area (TPSA) is 48.1 Å². The van der Waals surface area contributed by atoms with Gasteiger partial charge in [0.15, 0.2) is 0 Å². The minimum atomic E-state index is 0.836. The molecule has 0 saturated carbocycles. The SMILES string of the molecule is CN(C)c1ccc(-c2nc(-c3ccccc3C=Cc3nc4ccccc4s3)[nH]c2-c2ccc(N(C)C)cc2)cc1. The van der Waals surface area contributed by atoms with Gasteiger partial charge in [-0.2, -0.15) is 0 Å². The molecule has 0 saturated heterocycles. The zero-order valence-electron chi connectivity index (χ0n) is 23.1. The minimum Gasteiger partial charge on any atom is -0.378 e. The van der Waals surface area contributed by atoms with Crippen molar-refractivity contribution in [1.82, 2.24) is 15.0 Å². The van der Waals surface area contributed by atoms with Crippen LogP contribution in [-0.2, 0) is 0 Å². The fraction of sp³-hybridized carbons (Fsp3) is 0.118. The lowest BCUT2D eigenvalue weighted by molar-refractivity contribution is 1.13. The van der Waals surface area contributed by atoms with Crippen LogP contribution in [0.3, 0.4) is 0 Å². The van der Waals surface area contributed by atoms with Gasteiger partial charge in [0.1, 0.15) is 10.8 Å². The maximum Gasteiger partial charge on any atom is 0.139 e. The van der Waals surface area contributed by atoms with Crippen LogP contribution in [0.15, 0.2) is 97.1 Å². The van der Waals surface area contributed by atoms with Crippen LogP contribution < -0.4 is 9.80 Å². The summed E-state index contributed by atoms with van der Waals surface area (Å²) in [6.07, 6.45) is 4.22. The number of aromatic amines is 1. The third-order valence-electron chi connectivity index (χ3n) is 6.97. The van der Waals surface area contributed by atoms with Crippen molar-refractivity contribution in [3.05, 3.63) is 108 Å². The van der Waals surface area contributed by atoms with E-state index < -0.39 is 0 Å². The predicted molar refractivity (Wildman–Crippen MR) is 172 cm³/mol. The lowest BCUT2D eigenvalue weighted by Crippen LogP contribution is -2.08. The number of benzene rings is 4. The van der Waals surface area contributed by atoms with Gasteiger partial charge < -0.3 is 14.8 Å². The summed E-state index contributed by atoms with van der Waals surface area (Å²) in [7, 11) is 8.22. The Bertz CT molecular complexity index is 1690. The number of imidazole rings is 1. The summed E-state index contributed by atoms with van der Waals surface area (Å²) in [6.45, 7) is 0. The number of anilines is 2.